The largest absolute Gasteiger partial charge is 0.395 e. The summed E-state index contributed by atoms with van der Waals surface area (Å²) in [6, 6.07) is 5.98. The molecule has 0 aliphatic heterocycles. The van der Waals surface area contributed by atoms with Crippen molar-refractivity contribution in [1.82, 2.24) is 0 Å². The molecule has 0 saturated heterocycles. The number of hydrogen-bond acceptors (Lipinski definition) is 3. The Morgan fingerprint density at radius 2 is 1.89 bits per heavy atom. The maximum atomic E-state index is 9.57. The van der Waals surface area contributed by atoms with Crippen LogP contribution >= 0.6 is 11.6 Å². The Morgan fingerprint density at radius 1 is 1.26 bits per heavy atom. The fraction of sp³-hybridized carbons (Fsp3) is 0.600. The Labute approximate surface area is 120 Å². The predicted molar refractivity (Wildman–Crippen MR) is 80.9 cm³/mol. The van der Waals surface area contributed by atoms with Crippen LogP contribution in [0.25, 0.3) is 0 Å². The third-order valence-electron chi connectivity index (χ3n) is 3.49. The molecule has 0 heterocycles. The van der Waals surface area contributed by atoms with Gasteiger partial charge < -0.3 is 15.1 Å². The molecule has 19 heavy (non-hydrogen) atoms. The highest BCUT2D eigenvalue weighted by molar-refractivity contribution is 6.33. The van der Waals surface area contributed by atoms with Crippen molar-refractivity contribution in [1.29, 1.82) is 0 Å². The Bertz CT molecular complexity index is 392. The van der Waals surface area contributed by atoms with Crippen molar-refractivity contribution in [2.24, 2.45) is 0 Å². The molecule has 0 radical (unpaired) electrons. The number of benzene rings is 1. The minimum atomic E-state index is -0.522. The first-order valence-corrected chi connectivity index (χ1v) is 7.27. The van der Waals surface area contributed by atoms with E-state index in [0.29, 0.717) is 17.6 Å². The van der Waals surface area contributed by atoms with E-state index in [1.807, 2.05) is 12.1 Å². The molecule has 1 aromatic carbocycles. The van der Waals surface area contributed by atoms with Crippen molar-refractivity contribution in [3.8, 4) is 0 Å². The van der Waals surface area contributed by atoms with Gasteiger partial charge >= 0.3 is 0 Å². The van der Waals surface area contributed by atoms with E-state index in [-0.39, 0.29) is 6.61 Å². The average molecular weight is 286 g/mol. The number of aliphatic hydroxyl groups is 2. The first-order chi connectivity index (χ1) is 9.04. The molecule has 0 amide bonds. The number of aliphatic hydroxyl groups excluding tert-OH is 2. The molecule has 1 atom stereocenters. The fourth-order valence-electron chi connectivity index (χ4n) is 2.35. The fourth-order valence-corrected chi connectivity index (χ4v) is 2.65. The van der Waals surface area contributed by atoms with Crippen LogP contribution < -0.4 is 4.90 Å². The maximum Gasteiger partial charge on any atom is 0.0762 e. The first kappa shape index (κ1) is 16.3. The Morgan fingerprint density at radius 3 is 2.32 bits per heavy atom. The lowest BCUT2D eigenvalue weighted by atomic mass is 10.1. The summed E-state index contributed by atoms with van der Waals surface area (Å²) < 4.78 is 0. The highest BCUT2D eigenvalue weighted by Crippen LogP contribution is 2.31. The molecule has 4 heteroatoms. The Balaban J connectivity index is 3.08. The van der Waals surface area contributed by atoms with Crippen molar-refractivity contribution < 1.29 is 10.2 Å². The molecular weight excluding hydrogens is 262 g/mol. The zero-order valence-corrected chi connectivity index (χ0v) is 12.7. The second-order valence-electron chi connectivity index (χ2n) is 4.77. The normalized spacial score (nSPS) is 12.8. The van der Waals surface area contributed by atoms with Crippen molar-refractivity contribution in [3.05, 3.63) is 28.8 Å². The molecule has 0 fully saturated rings. The third-order valence-corrected chi connectivity index (χ3v) is 3.79. The summed E-state index contributed by atoms with van der Waals surface area (Å²) in [5.41, 5.74) is 1.73. The summed E-state index contributed by atoms with van der Waals surface area (Å²) in [6.07, 6.45) is 1.49. The molecule has 0 spiro atoms. The van der Waals surface area contributed by atoms with E-state index in [2.05, 4.69) is 18.7 Å². The minimum absolute atomic E-state index is 0.102. The minimum Gasteiger partial charge on any atom is -0.395 e. The van der Waals surface area contributed by atoms with Crippen molar-refractivity contribution in [3.63, 3.8) is 0 Å². The van der Waals surface area contributed by atoms with E-state index < -0.39 is 6.10 Å². The van der Waals surface area contributed by atoms with E-state index in [1.165, 1.54) is 0 Å². The molecule has 0 aromatic heterocycles. The van der Waals surface area contributed by atoms with Crippen LogP contribution in [0.15, 0.2) is 18.2 Å². The summed E-state index contributed by atoms with van der Waals surface area (Å²) in [5.74, 6) is 0. The van der Waals surface area contributed by atoms with Gasteiger partial charge in [-0.25, -0.2) is 0 Å². The second-order valence-corrected chi connectivity index (χ2v) is 5.18. The number of rotatable bonds is 7. The van der Waals surface area contributed by atoms with E-state index >= 15 is 0 Å². The molecule has 108 valence electrons. The van der Waals surface area contributed by atoms with Crippen molar-refractivity contribution in [2.45, 2.75) is 45.8 Å². The van der Waals surface area contributed by atoms with E-state index in [4.69, 9.17) is 11.6 Å². The average Bonchev–Trinajstić information content (AvgIpc) is 2.39. The third kappa shape index (κ3) is 4.10. The highest BCUT2D eigenvalue weighted by Gasteiger charge is 2.18. The number of anilines is 1. The molecule has 0 aliphatic rings. The lowest BCUT2D eigenvalue weighted by molar-refractivity contribution is 0.199. The van der Waals surface area contributed by atoms with Gasteiger partial charge in [-0.2, -0.15) is 0 Å². The predicted octanol–water partition coefficient (Wildman–Crippen LogP) is 3.38. The molecule has 1 unspecified atom stereocenters. The van der Waals surface area contributed by atoms with Gasteiger partial charge in [0.2, 0.25) is 0 Å². The molecule has 3 nitrogen and oxygen atoms in total. The molecule has 0 aliphatic carbocycles. The number of nitrogens with zero attached hydrogens (tertiary/aromatic N) is 1. The Kier molecular flexibility index (Phi) is 6.63. The summed E-state index contributed by atoms with van der Waals surface area (Å²) in [5, 5.41) is 19.4. The summed E-state index contributed by atoms with van der Waals surface area (Å²) in [4.78, 5) is 2.15. The monoisotopic (exact) mass is 285 g/mol. The quantitative estimate of drug-likeness (QED) is 0.807. The Hall–Kier alpha value is -0.770. The number of hydrogen-bond donors (Lipinski definition) is 2. The van der Waals surface area contributed by atoms with Crippen molar-refractivity contribution >= 4 is 17.3 Å². The van der Waals surface area contributed by atoms with Crippen LogP contribution in [-0.2, 0) is 0 Å². The molecule has 1 rings (SSSR count). The zero-order chi connectivity index (χ0) is 14.4. The lowest BCUT2D eigenvalue weighted by Crippen LogP contribution is -2.37. The molecular formula is C15H24ClNO2. The first-order valence-electron chi connectivity index (χ1n) is 6.90. The zero-order valence-electron chi connectivity index (χ0n) is 11.9. The topological polar surface area (TPSA) is 43.7 Å². The smallest absolute Gasteiger partial charge is 0.0762 e. The van der Waals surface area contributed by atoms with Gasteiger partial charge in [-0.1, -0.05) is 31.5 Å². The highest BCUT2D eigenvalue weighted by atomic mass is 35.5. The molecule has 1 aromatic rings. The van der Waals surface area contributed by atoms with Crippen LogP contribution in [-0.4, -0.2) is 29.4 Å². The van der Waals surface area contributed by atoms with Crippen LogP contribution in [0.3, 0.4) is 0 Å². The van der Waals surface area contributed by atoms with E-state index in [0.717, 1.165) is 24.1 Å². The van der Waals surface area contributed by atoms with E-state index in [1.54, 1.807) is 13.0 Å². The van der Waals surface area contributed by atoms with Gasteiger partial charge in [0.15, 0.2) is 0 Å². The molecule has 0 bridgehead atoms. The second kappa shape index (κ2) is 7.73. The SMILES string of the molecule is CCC(CC)N(CCO)c1ccc(C(C)O)cc1Cl. The van der Waals surface area contributed by atoms with Crippen LogP contribution in [0.1, 0.15) is 45.3 Å². The van der Waals surface area contributed by atoms with Crippen LogP contribution in [0.2, 0.25) is 5.02 Å². The van der Waals surface area contributed by atoms with Crippen LogP contribution in [0.4, 0.5) is 5.69 Å². The van der Waals surface area contributed by atoms with Gasteiger partial charge in [0.25, 0.3) is 0 Å². The van der Waals surface area contributed by atoms with Crippen LogP contribution in [0, 0.1) is 0 Å². The number of halogens is 1. The van der Waals surface area contributed by atoms with Gasteiger partial charge in [0, 0.05) is 12.6 Å². The van der Waals surface area contributed by atoms with E-state index in [9.17, 15) is 10.2 Å². The van der Waals surface area contributed by atoms with Gasteiger partial charge in [-0.05, 0) is 37.5 Å². The molecule has 0 saturated carbocycles. The molecule has 2 N–H and O–H groups in total. The van der Waals surface area contributed by atoms with Gasteiger partial charge in [-0.15, -0.1) is 0 Å². The van der Waals surface area contributed by atoms with Gasteiger partial charge in [0.1, 0.15) is 0 Å². The summed E-state index contributed by atoms with van der Waals surface area (Å²) >= 11 is 6.33. The maximum absolute atomic E-state index is 9.57. The van der Waals surface area contributed by atoms with Gasteiger partial charge in [0.05, 0.1) is 23.4 Å². The summed E-state index contributed by atoms with van der Waals surface area (Å²) in [7, 11) is 0. The van der Waals surface area contributed by atoms with Crippen LogP contribution in [0.5, 0.6) is 0 Å². The van der Waals surface area contributed by atoms with Crippen molar-refractivity contribution in [2.75, 3.05) is 18.1 Å². The summed E-state index contributed by atoms with van der Waals surface area (Å²) in [6.45, 7) is 6.66. The lowest BCUT2D eigenvalue weighted by Gasteiger charge is -2.33. The standard InChI is InChI=1S/C15H24ClNO2/c1-4-13(5-2)17(8-9-18)15-7-6-12(11(3)19)10-14(15)16/h6-7,10-11,13,18-19H,4-5,8-9H2,1-3H3. The van der Waals surface area contributed by atoms with Gasteiger partial charge in [-0.3, -0.25) is 0 Å².